The molecule has 4 heterocycles. The summed E-state index contributed by atoms with van der Waals surface area (Å²) in [6, 6.07) is 9.61. The van der Waals surface area contributed by atoms with Crippen LogP contribution in [-0.2, 0) is 12.8 Å². The number of pyridine rings is 3. The van der Waals surface area contributed by atoms with Crippen molar-refractivity contribution in [2.75, 3.05) is 0 Å². The summed E-state index contributed by atoms with van der Waals surface area (Å²) in [7, 11) is 0. The zero-order valence-electron chi connectivity index (χ0n) is 15.3. The molecule has 0 aliphatic carbocycles. The maximum atomic E-state index is 13.1. The van der Waals surface area contributed by atoms with E-state index in [0.717, 1.165) is 34.5 Å². The van der Waals surface area contributed by atoms with Crippen molar-refractivity contribution >= 4 is 11.4 Å². The van der Waals surface area contributed by atoms with E-state index in [1.54, 1.807) is 16.9 Å². The standard InChI is InChI=1S/C21H19N5O/c1-3-16-5-4-6-17(25-16)10-20(27)18-9-15(12-26-21(18)23-13-24-26)19-11-22-8-7-14(19)2/h4-9,11-13H,3,10H2,1-2H3. The summed E-state index contributed by atoms with van der Waals surface area (Å²) in [5.74, 6) is -0.0304. The molecule has 0 bridgehead atoms. The third-order valence-corrected chi connectivity index (χ3v) is 4.59. The Morgan fingerprint density at radius 1 is 1.19 bits per heavy atom. The highest BCUT2D eigenvalue weighted by atomic mass is 16.1. The van der Waals surface area contributed by atoms with Gasteiger partial charge in [-0.1, -0.05) is 13.0 Å². The number of aryl methyl sites for hydroxylation is 2. The summed E-state index contributed by atoms with van der Waals surface area (Å²) >= 11 is 0. The Balaban J connectivity index is 1.77. The molecular weight excluding hydrogens is 338 g/mol. The molecule has 27 heavy (non-hydrogen) atoms. The zero-order valence-corrected chi connectivity index (χ0v) is 15.3. The molecule has 0 N–H and O–H groups in total. The second-order valence-electron chi connectivity index (χ2n) is 6.44. The third-order valence-electron chi connectivity index (χ3n) is 4.59. The molecule has 4 aromatic rings. The van der Waals surface area contributed by atoms with Gasteiger partial charge in [0.2, 0.25) is 0 Å². The van der Waals surface area contributed by atoms with Crippen molar-refractivity contribution in [3.8, 4) is 11.1 Å². The van der Waals surface area contributed by atoms with Crippen LogP contribution in [0.15, 0.2) is 55.2 Å². The molecule has 0 radical (unpaired) electrons. The third kappa shape index (κ3) is 3.33. The Morgan fingerprint density at radius 3 is 2.85 bits per heavy atom. The number of hydrogen-bond donors (Lipinski definition) is 0. The fourth-order valence-corrected chi connectivity index (χ4v) is 3.13. The Kier molecular flexibility index (Phi) is 4.46. The SMILES string of the molecule is CCc1cccc(CC(=O)c2cc(-c3cnccc3C)cn3ncnc23)n1. The number of carbonyl (C=O) groups is 1. The van der Waals surface area contributed by atoms with E-state index in [2.05, 4.69) is 20.1 Å². The van der Waals surface area contributed by atoms with E-state index in [1.807, 2.05) is 50.4 Å². The molecule has 0 spiro atoms. The lowest BCUT2D eigenvalue weighted by molar-refractivity contribution is 0.0993. The van der Waals surface area contributed by atoms with Crippen LogP contribution in [0.2, 0.25) is 0 Å². The van der Waals surface area contributed by atoms with E-state index < -0.39 is 0 Å². The predicted octanol–water partition coefficient (Wildman–Crippen LogP) is 3.48. The van der Waals surface area contributed by atoms with Crippen LogP contribution < -0.4 is 0 Å². The number of Topliss-reactive ketones (excluding diaryl/α,β-unsaturated/α-hetero) is 1. The lowest BCUT2D eigenvalue weighted by Crippen LogP contribution is -2.09. The summed E-state index contributed by atoms with van der Waals surface area (Å²) < 4.78 is 1.64. The minimum absolute atomic E-state index is 0.0304. The van der Waals surface area contributed by atoms with Crippen LogP contribution in [0.3, 0.4) is 0 Å². The van der Waals surface area contributed by atoms with Gasteiger partial charge in [-0.15, -0.1) is 0 Å². The Hall–Kier alpha value is -3.41. The van der Waals surface area contributed by atoms with E-state index in [0.29, 0.717) is 11.2 Å². The molecule has 4 rings (SSSR count). The quantitative estimate of drug-likeness (QED) is 0.511. The summed E-state index contributed by atoms with van der Waals surface area (Å²) in [6.07, 6.45) is 7.96. The van der Waals surface area contributed by atoms with Crippen LogP contribution in [0.1, 0.15) is 34.2 Å². The average Bonchev–Trinajstić information content (AvgIpc) is 3.16. The molecule has 0 saturated heterocycles. The number of fused-ring (bicyclic) bond motifs is 1. The molecule has 0 amide bonds. The van der Waals surface area contributed by atoms with Gasteiger partial charge in [-0.3, -0.25) is 14.8 Å². The van der Waals surface area contributed by atoms with Crippen molar-refractivity contribution < 1.29 is 4.79 Å². The lowest BCUT2D eigenvalue weighted by atomic mass is 10.00. The van der Waals surface area contributed by atoms with Gasteiger partial charge < -0.3 is 0 Å². The summed E-state index contributed by atoms with van der Waals surface area (Å²) in [4.78, 5) is 26.1. The molecule has 0 fully saturated rings. The van der Waals surface area contributed by atoms with Crippen molar-refractivity contribution in [1.29, 1.82) is 0 Å². The van der Waals surface area contributed by atoms with Crippen LogP contribution in [0, 0.1) is 6.92 Å². The van der Waals surface area contributed by atoms with Gasteiger partial charge >= 0.3 is 0 Å². The van der Waals surface area contributed by atoms with Crippen molar-refractivity contribution in [2.24, 2.45) is 0 Å². The highest BCUT2D eigenvalue weighted by molar-refractivity contribution is 6.03. The fourth-order valence-electron chi connectivity index (χ4n) is 3.13. The van der Waals surface area contributed by atoms with E-state index in [-0.39, 0.29) is 12.2 Å². The van der Waals surface area contributed by atoms with Crippen molar-refractivity contribution in [3.05, 3.63) is 77.8 Å². The first-order valence-electron chi connectivity index (χ1n) is 8.88. The monoisotopic (exact) mass is 357 g/mol. The van der Waals surface area contributed by atoms with Gasteiger partial charge in [0, 0.05) is 41.1 Å². The van der Waals surface area contributed by atoms with Crippen LogP contribution >= 0.6 is 0 Å². The average molecular weight is 357 g/mol. The molecule has 6 nitrogen and oxygen atoms in total. The van der Waals surface area contributed by atoms with E-state index in [4.69, 9.17) is 0 Å². The van der Waals surface area contributed by atoms with Crippen LogP contribution in [0.5, 0.6) is 0 Å². The van der Waals surface area contributed by atoms with Crippen molar-refractivity contribution in [1.82, 2.24) is 24.6 Å². The molecule has 0 aliphatic rings. The zero-order chi connectivity index (χ0) is 18.8. The van der Waals surface area contributed by atoms with Gasteiger partial charge in [-0.2, -0.15) is 5.10 Å². The highest BCUT2D eigenvalue weighted by Crippen LogP contribution is 2.25. The molecule has 0 unspecified atom stereocenters. The normalized spacial score (nSPS) is 11.0. The van der Waals surface area contributed by atoms with Gasteiger partial charge in [-0.25, -0.2) is 9.50 Å². The molecule has 0 saturated carbocycles. The number of aromatic nitrogens is 5. The first-order chi connectivity index (χ1) is 13.2. The number of carbonyl (C=O) groups excluding carboxylic acids is 1. The Labute approximate surface area is 156 Å². The first-order valence-corrected chi connectivity index (χ1v) is 8.88. The number of hydrogen-bond acceptors (Lipinski definition) is 5. The largest absolute Gasteiger partial charge is 0.294 e. The van der Waals surface area contributed by atoms with Crippen molar-refractivity contribution in [3.63, 3.8) is 0 Å². The predicted molar refractivity (Wildman–Crippen MR) is 103 cm³/mol. The molecule has 6 heteroatoms. The number of rotatable bonds is 5. The second-order valence-corrected chi connectivity index (χ2v) is 6.44. The van der Waals surface area contributed by atoms with Gasteiger partial charge in [0.05, 0.1) is 12.0 Å². The minimum Gasteiger partial charge on any atom is -0.294 e. The summed E-state index contributed by atoms with van der Waals surface area (Å²) in [6.45, 7) is 4.07. The number of ketones is 1. The Morgan fingerprint density at radius 2 is 2.04 bits per heavy atom. The van der Waals surface area contributed by atoms with E-state index in [1.165, 1.54) is 6.33 Å². The number of nitrogens with zero attached hydrogens (tertiary/aromatic N) is 5. The molecule has 0 aromatic carbocycles. The van der Waals surface area contributed by atoms with Gasteiger partial charge in [0.25, 0.3) is 0 Å². The summed E-state index contributed by atoms with van der Waals surface area (Å²) in [5.41, 5.74) is 5.77. The topological polar surface area (TPSA) is 73.0 Å². The molecular formula is C21H19N5O. The van der Waals surface area contributed by atoms with Crippen molar-refractivity contribution in [2.45, 2.75) is 26.7 Å². The van der Waals surface area contributed by atoms with Gasteiger partial charge in [-0.05, 0) is 43.2 Å². The first kappa shape index (κ1) is 17.0. The van der Waals surface area contributed by atoms with E-state index >= 15 is 0 Å². The molecule has 0 aliphatic heterocycles. The van der Waals surface area contributed by atoms with Crippen LogP contribution in [0.25, 0.3) is 16.8 Å². The van der Waals surface area contributed by atoms with Crippen LogP contribution in [-0.4, -0.2) is 30.3 Å². The van der Waals surface area contributed by atoms with Gasteiger partial charge in [0.1, 0.15) is 6.33 Å². The molecule has 134 valence electrons. The maximum Gasteiger partial charge on any atom is 0.172 e. The molecule has 4 aromatic heterocycles. The maximum absolute atomic E-state index is 13.1. The Bertz CT molecular complexity index is 1130. The second kappa shape index (κ2) is 7.07. The smallest absolute Gasteiger partial charge is 0.172 e. The minimum atomic E-state index is -0.0304. The van der Waals surface area contributed by atoms with Crippen LogP contribution in [0.4, 0.5) is 0 Å². The van der Waals surface area contributed by atoms with E-state index in [9.17, 15) is 4.79 Å². The molecule has 0 atom stereocenters. The highest BCUT2D eigenvalue weighted by Gasteiger charge is 2.17. The summed E-state index contributed by atoms with van der Waals surface area (Å²) in [5, 5.41) is 4.23. The fraction of sp³-hybridized carbons (Fsp3) is 0.190. The lowest BCUT2D eigenvalue weighted by Gasteiger charge is -2.09. The van der Waals surface area contributed by atoms with Gasteiger partial charge in [0.15, 0.2) is 11.4 Å².